The molecule has 6 heteroatoms. The molecule has 0 aliphatic carbocycles. The number of amides is 2. The normalized spacial score (nSPS) is 9.74. The average Bonchev–Trinajstić information content (AvgIpc) is 2.46. The van der Waals surface area contributed by atoms with Crippen LogP contribution in [0, 0.1) is 5.82 Å². The van der Waals surface area contributed by atoms with Crippen LogP contribution < -0.4 is 10.9 Å². The standard InChI is InChI=1S/C13H10FN3O2/c14-11-6-2-1-5-10(11)13(19)17-16-12(18)9-4-3-7-15-8-9/h1-8H,(H,16,18)(H,17,19). The molecule has 0 fully saturated rings. The van der Waals surface area contributed by atoms with Crippen molar-refractivity contribution in [2.45, 2.75) is 0 Å². The summed E-state index contributed by atoms with van der Waals surface area (Å²) in [6.45, 7) is 0. The minimum Gasteiger partial charge on any atom is -0.267 e. The predicted octanol–water partition coefficient (Wildman–Crippen LogP) is 1.30. The number of halogens is 1. The highest BCUT2D eigenvalue weighted by Gasteiger charge is 2.12. The maximum atomic E-state index is 13.3. The van der Waals surface area contributed by atoms with Crippen molar-refractivity contribution in [3.05, 3.63) is 65.7 Å². The van der Waals surface area contributed by atoms with Crippen LogP contribution in [0.3, 0.4) is 0 Å². The van der Waals surface area contributed by atoms with E-state index in [4.69, 9.17) is 0 Å². The first-order chi connectivity index (χ1) is 9.18. The third-order valence-electron chi connectivity index (χ3n) is 2.33. The fraction of sp³-hybridized carbons (Fsp3) is 0. The molecule has 0 unspecified atom stereocenters. The van der Waals surface area contributed by atoms with E-state index in [2.05, 4.69) is 15.8 Å². The molecule has 0 atom stereocenters. The molecular formula is C13H10FN3O2. The zero-order chi connectivity index (χ0) is 13.7. The summed E-state index contributed by atoms with van der Waals surface area (Å²) in [5, 5.41) is 0. The number of carbonyl (C=O) groups excluding carboxylic acids is 2. The Kier molecular flexibility index (Phi) is 3.82. The second kappa shape index (κ2) is 5.72. The van der Waals surface area contributed by atoms with E-state index in [0.717, 1.165) is 6.07 Å². The largest absolute Gasteiger partial charge is 0.272 e. The van der Waals surface area contributed by atoms with Gasteiger partial charge in [0, 0.05) is 12.4 Å². The molecule has 1 aromatic heterocycles. The highest BCUT2D eigenvalue weighted by Crippen LogP contribution is 2.05. The monoisotopic (exact) mass is 259 g/mol. The molecule has 2 rings (SSSR count). The Morgan fingerprint density at radius 2 is 1.74 bits per heavy atom. The van der Waals surface area contributed by atoms with Crippen molar-refractivity contribution < 1.29 is 14.0 Å². The summed E-state index contributed by atoms with van der Waals surface area (Å²) < 4.78 is 13.3. The van der Waals surface area contributed by atoms with Crippen LogP contribution in [-0.4, -0.2) is 16.8 Å². The number of benzene rings is 1. The van der Waals surface area contributed by atoms with E-state index < -0.39 is 17.6 Å². The molecule has 0 spiro atoms. The molecule has 1 aromatic carbocycles. The number of nitrogens with zero attached hydrogens (tertiary/aromatic N) is 1. The summed E-state index contributed by atoms with van der Waals surface area (Å²) in [6.07, 6.45) is 2.87. The molecule has 0 aliphatic rings. The van der Waals surface area contributed by atoms with Gasteiger partial charge >= 0.3 is 0 Å². The molecule has 1 heterocycles. The number of pyridine rings is 1. The lowest BCUT2D eigenvalue weighted by atomic mass is 10.2. The van der Waals surface area contributed by atoms with Crippen LogP contribution in [0.2, 0.25) is 0 Å². The van der Waals surface area contributed by atoms with Gasteiger partial charge in [-0.05, 0) is 24.3 Å². The van der Waals surface area contributed by atoms with Crippen molar-refractivity contribution in [1.82, 2.24) is 15.8 Å². The lowest BCUT2D eigenvalue weighted by molar-refractivity contribution is 0.0844. The molecule has 0 aliphatic heterocycles. The predicted molar refractivity (Wildman–Crippen MR) is 65.6 cm³/mol. The molecule has 96 valence electrons. The molecule has 0 saturated carbocycles. The number of hydrogen-bond donors (Lipinski definition) is 2. The van der Waals surface area contributed by atoms with Crippen molar-refractivity contribution in [1.29, 1.82) is 0 Å². The third kappa shape index (κ3) is 3.12. The molecule has 5 nitrogen and oxygen atoms in total. The lowest BCUT2D eigenvalue weighted by Gasteiger charge is -2.07. The van der Waals surface area contributed by atoms with E-state index in [1.165, 1.54) is 36.7 Å². The van der Waals surface area contributed by atoms with Gasteiger partial charge in [-0.25, -0.2) is 4.39 Å². The fourth-order valence-electron chi connectivity index (χ4n) is 1.40. The number of nitrogens with one attached hydrogen (secondary N) is 2. The highest BCUT2D eigenvalue weighted by atomic mass is 19.1. The summed E-state index contributed by atoms with van der Waals surface area (Å²) in [4.78, 5) is 27.0. The Bertz CT molecular complexity index is 602. The summed E-state index contributed by atoms with van der Waals surface area (Å²) in [6, 6.07) is 8.62. The van der Waals surface area contributed by atoms with Crippen LogP contribution in [0.25, 0.3) is 0 Å². The molecule has 19 heavy (non-hydrogen) atoms. The zero-order valence-electron chi connectivity index (χ0n) is 9.76. The Hall–Kier alpha value is -2.76. The lowest BCUT2D eigenvalue weighted by Crippen LogP contribution is -2.41. The third-order valence-corrected chi connectivity index (χ3v) is 2.33. The van der Waals surface area contributed by atoms with E-state index in [1.807, 2.05) is 0 Å². The van der Waals surface area contributed by atoms with E-state index in [9.17, 15) is 14.0 Å². The number of aromatic nitrogens is 1. The summed E-state index contributed by atoms with van der Waals surface area (Å²) in [5.74, 6) is -1.91. The van der Waals surface area contributed by atoms with Crippen LogP contribution in [0.4, 0.5) is 4.39 Å². The topological polar surface area (TPSA) is 71.1 Å². The number of rotatable bonds is 2. The molecule has 0 bridgehead atoms. The molecule has 2 aromatic rings. The van der Waals surface area contributed by atoms with Crippen molar-refractivity contribution >= 4 is 11.8 Å². The molecular weight excluding hydrogens is 249 g/mol. The summed E-state index contributed by atoms with van der Waals surface area (Å²) in [5.41, 5.74) is 4.45. The van der Waals surface area contributed by atoms with Crippen LogP contribution in [0.5, 0.6) is 0 Å². The summed E-state index contributed by atoms with van der Waals surface area (Å²) in [7, 11) is 0. The van der Waals surface area contributed by atoms with Gasteiger partial charge in [-0.15, -0.1) is 0 Å². The Labute approximate surface area is 108 Å². The number of carbonyl (C=O) groups is 2. The summed E-state index contributed by atoms with van der Waals surface area (Å²) >= 11 is 0. The average molecular weight is 259 g/mol. The van der Waals surface area contributed by atoms with E-state index >= 15 is 0 Å². The van der Waals surface area contributed by atoms with Gasteiger partial charge in [0.05, 0.1) is 11.1 Å². The van der Waals surface area contributed by atoms with Crippen LogP contribution in [-0.2, 0) is 0 Å². The van der Waals surface area contributed by atoms with Crippen LogP contribution in [0.15, 0.2) is 48.8 Å². The van der Waals surface area contributed by atoms with E-state index in [1.54, 1.807) is 6.07 Å². The van der Waals surface area contributed by atoms with Crippen LogP contribution in [0.1, 0.15) is 20.7 Å². The Morgan fingerprint density at radius 1 is 1.00 bits per heavy atom. The first-order valence-corrected chi connectivity index (χ1v) is 5.43. The molecule has 0 radical (unpaired) electrons. The van der Waals surface area contributed by atoms with Gasteiger partial charge in [0.25, 0.3) is 11.8 Å². The minimum absolute atomic E-state index is 0.144. The van der Waals surface area contributed by atoms with Crippen LogP contribution >= 0.6 is 0 Å². The van der Waals surface area contributed by atoms with Gasteiger partial charge in [-0.1, -0.05) is 12.1 Å². The maximum Gasteiger partial charge on any atom is 0.272 e. The smallest absolute Gasteiger partial charge is 0.267 e. The second-order valence-corrected chi connectivity index (χ2v) is 3.63. The van der Waals surface area contributed by atoms with Gasteiger partial charge < -0.3 is 0 Å². The molecule has 2 N–H and O–H groups in total. The minimum atomic E-state index is -0.727. The van der Waals surface area contributed by atoms with Crippen molar-refractivity contribution in [3.63, 3.8) is 0 Å². The molecule has 0 saturated heterocycles. The second-order valence-electron chi connectivity index (χ2n) is 3.63. The Balaban J connectivity index is 1.98. The van der Waals surface area contributed by atoms with Gasteiger partial charge in [-0.2, -0.15) is 0 Å². The Morgan fingerprint density at radius 3 is 2.42 bits per heavy atom. The first kappa shape index (κ1) is 12.7. The molecule has 2 amide bonds. The van der Waals surface area contributed by atoms with Crippen molar-refractivity contribution in [2.24, 2.45) is 0 Å². The van der Waals surface area contributed by atoms with Crippen molar-refractivity contribution in [2.75, 3.05) is 0 Å². The van der Waals surface area contributed by atoms with Gasteiger partial charge in [-0.3, -0.25) is 25.4 Å². The van der Waals surface area contributed by atoms with E-state index in [0.29, 0.717) is 0 Å². The fourth-order valence-corrected chi connectivity index (χ4v) is 1.40. The highest BCUT2D eigenvalue weighted by molar-refractivity contribution is 5.98. The van der Waals surface area contributed by atoms with E-state index in [-0.39, 0.29) is 11.1 Å². The number of hydrazine groups is 1. The van der Waals surface area contributed by atoms with Crippen molar-refractivity contribution in [3.8, 4) is 0 Å². The van der Waals surface area contributed by atoms with Gasteiger partial charge in [0.1, 0.15) is 5.82 Å². The quantitative estimate of drug-likeness (QED) is 0.798. The van der Waals surface area contributed by atoms with Gasteiger partial charge in [0.15, 0.2) is 0 Å². The van der Waals surface area contributed by atoms with Gasteiger partial charge in [0.2, 0.25) is 0 Å². The first-order valence-electron chi connectivity index (χ1n) is 5.43. The maximum absolute atomic E-state index is 13.3. The SMILES string of the molecule is O=C(NNC(=O)c1ccccc1F)c1cccnc1. The number of hydrogen-bond acceptors (Lipinski definition) is 3. The zero-order valence-corrected chi connectivity index (χ0v) is 9.76.